The lowest BCUT2D eigenvalue weighted by Gasteiger charge is -2.07. The normalized spacial score (nSPS) is 12.1. The van der Waals surface area contributed by atoms with Gasteiger partial charge in [0.2, 0.25) is 5.76 Å². The minimum Gasteiger partial charge on any atom is -0.450 e. The SMILES string of the molecule is O=c1cc(C(F)(F)F)oc2c(Br)cc(Br)cc12. The van der Waals surface area contributed by atoms with E-state index in [9.17, 15) is 18.0 Å². The molecule has 0 aliphatic heterocycles. The summed E-state index contributed by atoms with van der Waals surface area (Å²) in [6, 6.07) is 3.36. The Morgan fingerprint density at radius 2 is 1.76 bits per heavy atom. The van der Waals surface area contributed by atoms with E-state index in [2.05, 4.69) is 31.9 Å². The molecule has 0 aliphatic rings. The monoisotopic (exact) mass is 370 g/mol. The number of rotatable bonds is 0. The van der Waals surface area contributed by atoms with Crippen molar-refractivity contribution in [2.24, 2.45) is 0 Å². The molecule has 0 amide bonds. The van der Waals surface area contributed by atoms with Crippen LogP contribution in [0, 0.1) is 0 Å². The number of fused-ring (bicyclic) bond motifs is 1. The van der Waals surface area contributed by atoms with Gasteiger partial charge in [-0.2, -0.15) is 13.2 Å². The zero-order valence-corrected chi connectivity index (χ0v) is 11.1. The van der Waals surface area contributed by atoms with Crippen LogP contribution in [0.1, 0.15) is 5.76 Å². The average Bonchev–Trinajstić information content (AvgIpc) is 2.17. The Bertz CT molecular complexity index is 646. The zero-order valence-electron chi connectivity index (χ0n) is 7.94. The highest BCUT2D eigenvalue weighted by molar-refractivity contribution is 9.11. The number of benzene rings is 1. The van der Waals surface area contributed by atoms with E-state index in [0.717, 1.165) is 0 Å². The van der Waals surface area contributed by atoms with Gasteiger partial charge in [-0.25, -0.2) is 0 Å². The van der Waals surface area contributed by atoms with Gasteiger partial charge in [-0.1, -0.05) is 15.9 Å². The molecule has 90 valence electrons. The number of hydrogen-bond acceptors (Lipinski definition) is 2. The molecule has 2 aromatic rings. The van der Waals surface area contributed by atoms with Crippen molar-refractivity contribution in [2.45, 2.75) is 6.18 Å². The van der Waals surface area contributed by atoms with E-state index in [0.29, 0.717) is 10.5 Å². The Hall–Kier alpha value is -0.820. The Labute approximate surface area is 110 Å². The molecule has 0 bridgehead atoms. The second-order valence-corrected chi connectivity index (χ2v) is 5.01. The van der Waals surface area contributed by atoms with E-state index in [1.54, 1.807) is 0 Å². The van der Waals surface area contributed by atoms with Crippen LogP contribution in [-0.4, -0.2) is 0 Å². The van der Waals surface area contributed by atoms with Gasteiger partial charge in [0.25, 0.3) is 0 Å². The maximum absolute atomic E-state index is 12.4. The van der Waals surface area contributed by atoms with Crippen LogP contribution in [0.4, 0.5) is 13.2 Å². The molecular formula is C10H3Br2F3O2. The van der Waals surface area contributed by atoms with E-state index in [4.69, 9.17) is 4.42 Å². The first-order valence-electron chi connectivity index (χ1n) is 4.29. The summed E-state index contributed by atoms with van der Waals surface area (Å²) in [5.74, 6) is -1.31. The molecule has 0 unspecified atom stereocenters. The molecule has 0 saturated heterocycles. The molecule has 2 rings (SSSR count). The van der Waals surface area contributed by atoms with E-state index < -0.39 is 17.4 Å². The Kier molecular flexibility index (Phi) is 3.07. The van der Waals surface area contributed by atoms with Gasteiger partial charge in [-0.3, -0.25) is 4.79 Å². The highest BCUT2D eigenvalue weighted by atomic mass is 79.9. The Morgan fingerprint density at radius 1 is 1.12 bits per heavy atom. The molecule has 0 aliphatic carbocycles. The molecule has 0 atom stereocenters. The minimum absolute atomic E-state index is 0.0826. The zero-order chi connectivity index (χ0) is 12.8. The maximum atomic E-state index is 12.4. The summed E-state index contributed by atoms with van der Waals surface area (Å²) < 4.78 is 42.9. The van der Waals surface area contributed by atoms with Crippen LogP contribution in [0.15, 0.2) is 36.4 Å². The largest absolute Gasteiger partial charge is 0.450 e. The van der Waals surface area contributed by atoms with Crippen molar-refractivity contribution in [1.29, 1.82) is 0 Å². The smallest absolute Gasteiger partial charge is 0.449 e. The predicted molar refractivity (Wildman–Crippen MR) is 62.9 cm³/mol. The fourth-order valence-electron chi connectivity index (χ4n) is 1.32. The summed E-state index contributed by atoms with van der Waals surface area (Å²) >= 11 is 6.20. The van der Waals surface area contributed by atoms with Gasteiger partial charge in [0.1, 0.15) is 0 Å². The number of hydrogen-bond donors (Lipinski definition) is 0. The topological polar surface area (TPSA) is 30.2 Å². The van der Waals surface area contributed by atoms with Gasteiger partial charge in [0.05, 0.1) is 9.86 Å². The van der Waals surface area contributed by atoms with Crippen LogP contribution < -0.4 is 5.43 Å². The molecule has 2 nitrogen and oxygen atoms in total. The summed E-state index contributed by atoms with van der Waals surface area (Å²) in [4.78, 5) is 11.5. The molecule has 1 aromatic carbocycles. The van der Waals surface area contributed by atoms with Crippen molar-refractivity contribution >= 4 is 42.8 Å². The first kappa shape index (κ1) is 12.6. The maximum Gasteiger partial charge on any atom is 0.449 e. The lowest BCUT2D eigenvalue weighted by Crippen LogP contribution is -2.11. The summed E-state index contributed by atoms with van der Waals surface area (Å²) in [7, 11) is 0. The van der Waals surface area contributed by atoms with Crippen molar-refractivity contribution in [2.75, 3.05) is 0 Å². The molecule has 0 radical (unpaired) electrons. The number of alkyl halides is 3. The standard InChI is InChI=1S/C10H3Br2F3O2/c11-4-1-5-7(16)3-8(10(13,14)15)17-9(5)6(12)2-4/h1-3H. The lowest BCUT2D eigenvalue weighted by atomic mass is 10.2. The first-order valence-corrected chi connectivity index (χ1v) is 5.88. The molecule has 0 N–H and O–H groups in total. The predicted octanol–water partition coefficient (Wildman–Crippen LogP) is 4.34. The van der Waals surface area contributed by atoms with Crippen molar-refractivity contribution in [1.82, 2.24) is 0 Å². The fourth-order valence-corrected chi connectivity index (χ4v) is 2.63. The van der Waals surface area contributed by atoms with Crippen molar-refractivity contribution < 1.29 is 17.6 Å². The second kappa shape index (κ2) is 4.13. The molecule has 0 saturated carbocycles. The quantitative estimate of drug-likeness (QED) is 0.689. The Balaban J connectivity index is 2.88. The van der Waals surface area contributed by atoms with Crippen molar-refractivity contribution in [3.8, 4) is 0 Å². The van der Waals surface area contributed by atoms with Crippen LogP contribution in [-0.2, 0) is 6.18 Å². The molecule has 0 spiro atoms. The van der Waals surface area contributed by atoms with Crippen LogP contribution in [0.5, 0.6) is 0 Å². The highest BCUT2D eigenvalue weighted by Crippen LogP contribution is 2.33. The van der Waals surface area contributed by atoms with Crippen LogP contribution >= 0.6 is 31.9 Å². The van der Waals surface area contributed by atoms with Crippen LogP contribution in [0.25, 0.3) is 11.0 Å². The third-order valence-electron chi connectivity index (χ3n) is 2.03. The van der Waals surface area contributed by atoms with Gasteiger partial charge in [0, 0.05) is 10.5 Å². The molecule has 7 heteroatoms. The summed E-state index contributed by atoms with van der Waals surface area (Å²) in [5.41, 5.74) is -0.853. The number of halogens is 5. The molecule has 17 heavy (non-hydrogen) atoms. The van der Waals surface area contributed by atoms with Gasteiger partial charge in [0.15, 0.2) is 11.0 Å². The third kappa shape index (κ3) is 2.40. The summed E-state index contributed by atoms with van der Waals surface area (Å²) in [6.45, 7) is 0. The van der Waals surface area contributed by atoms with Gasteiger partial charge in [-0.15, -0.1) is 0 Å². The van der Waals surface area contributed by atoms with Crippen LogP contribution in [0.3, 0.4) is 0 Å². The van der Waals surface area contributed by atoms with E-state index in [1.165, 1.54) is 12.1 Å². The molecule has 1 heterocycles. The van der Waals surface area contributed by atoms with Crippen molar-refractivity contribution in [3.05, 3.63) is 43.1 Å². The molecule has 1 aromatic heterocycles. The second-order valence-electron chi connectivity index (χ2n) is 3.24. The fraction of sp³-hybridized carbons (Fsp3) is 0.100. The third-order valence-corrected chi connectivity index (χ3v) is 3.07. The van der Waals surface area contributed by atoms with E-state index in [1.807, 2.05) is 0 Å². The van der Waals surface area contributed by atoms with Crippen LogP contribution in [0.2, 0.25) is 0 Å². The Morgan fingerprint density at radius 3 is 2.35 bits per heavy atom. The first-order chi connectivity index (χ1) is 7.79. The molecule has 0 fully saturated rings. The van der Waals surface area contributed by atoms with E-state index >= 15 is 0 Å². The average molecular weight is 372 g/mol. The van der Waals surface area contributed by atoms with Crippen molar-refractivity contribution in [3.63, 3.8) is 0 Å². The summed E-state index contributed by atoms with van der Waals surface area (Å²) in [6.07, 6.45) is -4.68. The van der Waals surface area contributed by atoms with Gasteiger partial charge >= 0.3 is 6.18 Å². The molecular weight excluding hydrogens is 369 g/mol. The lowest BCUT2D eigenvalue weighted by molar-refractivity contribution is -0.152. The summed E-state index contributed by atoms with van der Waals surface area (Å²) in [5, 5.41) is 0.0826. The van der Waals surface area contributed by atoms with Gasteiger partial charge < -0.3 is 4.42 Å². The van der Waals surface area contributed by atoms with Gasteiger partial charge in [-0.05, 0) is 28.1 Å². The highest BCUT2D eigenvalue weighted by Gasteiger charge is 2.35. The van der Waals surface area contributed by atoms with E-state index in [-0.39, 0.29) is 15.4 Å². The minimum atomic E-state index is -4.68.